The van der Waals surface area contributed by atoms with E-state index < -0.39 is 0 Å². The molecule has 0 saturated heterocycles. The maximum Gasteiger partial charge on any atom is 0.191 e. The van der Waals surface area contributed by atoms with Gasteiger partial charge in [-0.3, -0.25) is 4.99 Å². The number of halogens is 1. The number of hydrogen-bond acceptors (Lipinski definition) is 3. The normalized spacial score (nSPS) is 16.1. The molecule has 0 spiro atoms. The lowest BCUT2D eigenvalue weighted by molar-refractivity contribution is 0.372. The number of aromatic nitrogens is 1. The van der Waals surface area contributed by atoms with E-state index in [0.717, 1.165) is 24.0 Å². The molecule has 2 aromatic rings. The van der Waals surface area contributed by atoms with Crippen LogP contribution in [0, 0.1) is 0 Å². The molecule has 1 fully saturated rings. The molecule has 25 heavy (non-hydrogen) atoms. The fraction of sp³-hybridized carbons (Fsp3) is 0.474. The zero-order valence-corrected chi connectivity index (χ0v) is 16.6. The van der Waals surface area contributed by atoms with Crippen LogP contribution in [0.15, 0.2) is 44.3 Å². The van der Waals surface area contributed by atoms with Gasteiger partial charge in [0, 0.05) is 29.5 Å². The van der Waals surface area contributed by atoms with E-state index in [1.807, 2.05) is 6.07 Å². The molecule has 1 aromatic carbocycles. The molecule has 0 aliphatic heterocycles. The summed E-state index contributed by atoms with van der Waals surface area (Å²) in [5.74, 6) is 1.97. The van der Waals surface area contributed by atoms with Gasteiger partial charge in [-0.25, -0.2) is 0 Å². The van der Waals surface area contributed by atoms with Crippen molar-refractivity contribution in [3.63, 3.8) is 0 Å². The Kier molecular flexibility index (Phi) is 5.47. The molecule has 1 aliphatic rings. The highest BCUT2D eigenvalue weighted by Gasteiger charge is 2.45. The van der Waals surface area contributed by atoms with E-state index in [4.69, 9.17) is 4.52 Å². The lowest BCUT2D eigenvalue weighted by Gasteiger charge is -2.20. The lowest BCUT2D eigenvalue weighted by atomic mass is 9.96. The number of hydrogen-bond donors (Lipinski definition) is 2. The van der Waals surface area contributed by atoms with Crippen LogP contribution in [0.4, 0.5) is 0 Å². The quantitative estimate of drug-likeness (QED) is 0.564. The van der Waals surface area contributed by atoms with Gasteiger partial charge in [0.15, 0.2) is 11.7 Å². The summed E-state index contributed by atoms with van der Waals surface area (Å²) in [6.45, 7) is 5.64. The standard InChI is InChI=1S/C19H25BrN4O/c1-13(2)17-10-14(25-24-17)11-22-18(21-3)23-12-19(8-9-19)15-6-4-5-7-16(15)20/h4-7,10,13H,8-9,11-12H2,1-3H3,(H2,21,22,23). The summed E-state index contributed by atoms with van der Waals surface area (Å²) in [6, 6.07) is 10.5. The van der Waals surface area contributed by atoms with Crippen LogP contribution in [-0.4, -0.2) is 24.7 Å². The molecule has 1 aliphatic carbocycles. The number of guanidine groups is 1. The predicted octanol–water partition coefficient (Wildman–Crippen LogP) is 3.96. The van der Waals surface area contributed by atoms with Crippen molar-refractivity contribution in [2.45, 2.75) is 44.6 Å². The highest BCUT2D eigenvalue weighted by Crippen LogP contribution is 2.49. The van der Waals surface area contributed by atoms with Gasteiger partial charge < -0.3 is 15.2 Å². The smallest absolute Gasteiger partial charge is 0.191 e. The van der Waals surface area contributed by atoms with Crippen LogP contribution in [-0.2, 0) is 12.0 Å². The summed E-state index contributed by atoms with van der Waals surface area (Å²) in [7, 11) is 1.78. The summed E-state index contributed by atoms with van der Waals surface area (Å²) in [5, 5.41) is 10.8. The van der Waals surface area contributed by atoms with Crippen molar-refractivity contribution >= 4 is 21.9 Å². The highest BCUT2D eigenvalue weighted by atomic mass is 79.9. The largest absolute Gasteiger partial charge is 0.359 e. The van der Waals surface area contributed by atoms with Gasteiger partial charge in [0.25, 0.3) is 0 Å². The van der Waals surface area contributed by atoms with Crippen LogP contribution in [0.25, 0.3) is 0 Å². The molecule has 0 bridgehead atoms. The van der Waals surface area contributed by atoms with Crippen LogP contribution in [0.5, 0.6) is 0 Å². The summed E-state index contributed by atoms with van der Waals surface area (Å²) in [5.41, 5.74) is 2.55. The van der Waals surface area contributed by atoms with Gasteiger partial charge in [-0.15, -0.1) is 0 Å². The molecule has 2 N–H and O–H groups in total. The van der Waals surface area contributed by atoms with E-state index in [1.54, 1.807) is 7.05 Å². The SMILES string of the molecule is CN=C(NCc1cc(C(C)C)no1)NCC1(c2ccccc2Br)CC1. The number of benzene rings is 1. The van der Waals surface area contributed by atoms with Crippen molar-refractivity contribution in [2.24, 2.45) is 4.99 Å². The molecule has 1 heterocycles. The zero-order valence-electron chi connectivity index (χ0n) is 15.0. The minimum atomic E-state index is 0.203. The lowest BCUT2D eigenvalue weighted by Crippen LogP contribution is -2.40. The molecule has 0 atom stereocenters. The Morgan fingerprint density at radius 1 is 1.32 bits per heavy atom. The predicted molar refractivity (Wildman–Crippen MR) is 104 cm³/mol. The monoisotopic (exact) mass is 404 g/mol. The van der Waals surface area contributed by atoms with Crippen LogP contribution in [0.1, 0.15) is 49.6 Å². The van der Waals surface area contributed by atoms with E-state index >= 15 is 0 Å². The third-order valence-corrected chi connectivity index (χ3v) is 5.41. The molecule has 1 aromatic heterocycles. The van der Waals surface area contributed by atoms with Crippen LogP contribution in [0.3, 0.4) is 0 Å². The molecule has 0 unspecified atom stereocenters. The van der Waals surface area contributed by atoms with Gasteiger partial charge in [-0.2, -0.15) is 0 Å². The van der Waals surface area contributed by atoms with Crippen molar-refractivity contribution in [1.82, 2.24) is 15.8 Å². The second-order valence-electron chi connectivity index (χ2n) is 6.91. The number of nitrogens with one attached hydrogen (secondary N) is 2. The Morgan fingerprint density at radius 3 is 2.68 bits per heavy atom. The number of nitrogens with zero attached hydrogens (tertiary/aromatic N) is 2. The van der Waals surface area contributed by atoms with Crippen molar-refractivity contribution in [3.05, 3.63) is 51.8 Å². The summed E-state index contributed by atoms with van der Waals surface area (Å²) in [4.78, 5) is 4.31. The van der Waals surface area contributed by atoms with Crippen LogP contribution >= 0.6 is 15.9 Å². The Labute approximate surface area is 157 Å². The Morgan fingerprint density at radius 2 is 2.08 bits per heavy atom. The minimum Gasteiger partial charge on any atom is -0.359 e. The van der Waals surface area contributed by atoms with Crippen molar-refractivity contribution in [1.29, 1.82) is 0 Å². The van der Waals surface area contributed by atoms with E-state index in [0.29, 0.717) is 12.5 Å². The molecule has 0 amide bonds. The molecule has 1 saturated carbocycles. The zero-order chi connectivity index (χ0) is 17.9. The number of aliphatic imine (C=N–C) groups is 1. The summed E-state index contributed by atoms with van der Waals surface area (Å²) in [6.07, 6.45) is 2.39. The van der Waals surface area contributed by atoms with Crippen molar-refractivity contribution in [3.8, 4) is 0 Å². The summed E-state index contributed by atoms with van der Waals surface area (Å²) >= 11 is 3.68. The average Bonchev–Trinajstić information content (AvgIpc) is 3.23. The van der Waals surface area contributed by atoms with Gasteiger partial charge in [-0.1, -0.05) is 53.1 Å². The first kappa shape index (κ1) is 18.0. The second-order valence-corrected chi connectivity index (χ2v) is 7.77. The maximum atomic E-state index is 5.36. The van der Waals surface area contributed by atoms with Crippen LogP contribution < -0.4 is 10.6 Å². The van der Waals surface area contributed by atoms with E-state index in [2.05, 4.69) is 74.8 Å². The van der Waals surface area contributed by atoms with E-state index in [-0.39, 0.29) is 5.41 Å². The number of rotatable bonds is 6. The first-order valence-corrected chi connectivity index (χ1v) is 9.48. The topological polar surface area (TPSA) is 62.5 Å². The molecule has 3 rings (SSSR count). The van der Waals surface area contributed by atoms with Gasteiger partial charge in [-0.05, 0) is 30.4 Å². The van der Waals surface area contributed by atoms with Crippen molar-refractivity contribution in [2.75, 3.05) is 13.6 Å². The molecule has 5 nitrogen and oxygen atoms in total. The molecule has 0 radical (unpaired) electrons. The Hall–Kier alpha value is -1.82. The molecular weight excluding hydrogens is 380 g/mol. The third-order valence-electron chi connectivity index (χ3n) is 4.72. The van der Waals surface area contributed by atoms with E-state index in [1.165, 1.54) is 22.9 Å². The Bertz CT molecular complexity index is 749. The maximum absolute atomic E-state index is 5.36. The molecule has 134 valence electrons. The first-order valence-electron chi connectivity index (χ1n) is 8.69. The third kappa shape index (κ3) is 4.24. The minimum absolute atomic E-state index is 0.203. The molecule has 6 heteroatoms. The van der Waals surface area contributed by atoms with Gasteiger partial charge in [0.2, 0.25) is 0 Å². The fourth-order valence-corrected chi connectivity index (χ4v) is 3.62. The highest BCUT2D eigenvalue weighted by molar-refractivity contribution is 9.10. The fourth-order valence-electron chi connectivity index (χ4n) is 2.91. The van der Waals surface area contributed by atoms with Gasteiger partial charge in [0.1, 0.15) is 0 Å². The summed E-state index contributed by atoms with van der Waals surface area (Å²) < 4.78 is 6.54. The van der Waals surface area contributed by atoms with E-state index in [9.17, 15) is 0 Å². The van der Waals surface area contributed by atoms with Crippen LogP contribution in [0.2, 0.25) is 0 Å². The van der Waals surface area contributed by atoms with Gasteiger partial charge in [0.05, 0.1) is 12.2 Å². The van der Waals surface area contributed by atoms with Crippen molar-refractivity contribution < 1.29 is 4.52 Å². The first-order chi connectivity index (χ1) is 12.0. The average molecular weight is 405 g/mol. The Balaban J connectivity index is 1.55. The van der Waals surface area contributed by atoms with Gasteiger partial charge >= 0.3 is 0 Å². The second kappa shape index (κ2) is 7.60. The molecular formula is C19H25BrN4O.